The second-order valence-electron chi connectivity index (χ2n) is 4.70. The molecule has 1 aromatic heterocycles. The van der Waals surface area contributed by atoms with E-state index in [0.717, 1.165) is 0 Å². The van der Waals surface area contributed by atoms with Crippen molar-refractivity contribution in [3.8, 4) is 0 Å². The minimum atomic E-state index is -0.405. The summed E-state index contributed by atoms with van der Waals surface area (Å²) in [6.07, 6.45) is 0. The van der Waals surface area contributed by atoms with Crippen molar-refractivity contribution < 1.29 is 9.53 Å². The molecule has 1 heterocycles. The zero-order chi connectivity index (χ0) is 12.5. The third-order valence-electron chi connectivity index (χ3n) is 2.28. The molecule has 0 bridgehead atoms. The fourth-order valence-electron chi connectivity index (χ4n) is 1.47. The largest absolute Gasteiger partial charge is 0.462 e. The highest BCUT2D eigenvalue weighted by Crippen LogP contribution is 2.28. The molecule has 0 atom stereocenters. The van der Waals surface area contributed by atoms with Gasteiger partial charge in [0, 0.05) is 12.5 Å². The van der Waals surface area contributed by atoms with Crippen LogP contribution in [-0.2, 0) is 17.2 Å². The van der Waals surface area contributed by atoms with Gasteiger partial charge >= 0.3 is 5.97 Å². The van der Waals surface area contributed by atoms with E-state index < -0.39 is 5.97 Å². The van der Waals surface area contributed by atoms with Gasteiger partial charge in [-0.05, 0) is 6.92 Å². The number of carbonyl (C=O) groups excluding carboxylic acids is 1. The van der Waals surface area contributed by atoms with Crippen LogP contribution in [0.15, 0.2) is 0 Å². The van der Waals surface area contributed by atoms with E-state index in [4.69, 9.17) is 10.5 Å². The summed E-state index contributed by atoms with van der Waals surface area (Å²) in [6.45, 7) is 8.05. The van der Waals surface area contributed by atoms with Crippen LogP contribution in [0.1, 0.15) is 43.7 Å². The zero-order valence-corrected chi connectivity index (χ0v) is 10.5. The lowest BCUT2D eigenvalue weighted by molar-refractivity contribution is 0.0525. The summed E-state index contributed by atoms with van der Waals surface area (Å²) in [5.41, 5.74) is 6.65. The molecule has 1 aromatic rings. The number of hydrogen-bond acceptors (Lipinski definition) is 4. The number of aromatic nitrogens is 2. The van der Waals surface area contributed by atoms with Crippen molar-refractivity contribution in [2.75, 3.05) is 12.3 Å². The number of nitrogens with zero attached hydrogens (tertiary/aromatic N) is 2. The van der Waals surface area contributed by atoms with E-state index in [0.29, 0.717) is 23.7 Å². The minimum Gasteiger partial charge on any atom is -0.462 e. The van der Waals surface area contributed by atoms with Gasteiger partial charge in [0.25, 0.3) is 0 Å². The lowest BCUT2D eigenvalue weighted by Crippen LogP contribution is -2.18. The fourth-order valence-corrected chi connectivity index (χ4v) is 1.47. The molecule has 0 aromatic carbocycles. The molecule has 16 heavy (non-hydrogen) atoms. The first-order valence-electron chi connectivity index (χ1n) is 5.29. The van der Waals surface area contributed by atoms with Crippen molar-refractivity contribution in [3.05, 3.63) is 11.3 Å². The van der Waals surface area contributed by atoms with Crippen LogP contribution in [0.5, 0.6) is 0 Å². The van der Waals surface area contributed by atoms with E-state index in [1.54, 1.807) is 14.0 Å². The Bertz CT molecular complexity index is 402. The van der Waals surface area contributed by atoms with Crippen molar-refractivity contribution in [3.63, 3.8) is 0 Å². The summed E-state index contributed by atoms with van der Waals surface area (Å²) in [4.78, 5) is 11.8. The summed E-state index contributed by atoms with van der Waals surface area (Å²) in [5.74, 6) is -0.0543. The van der Waals surface area contributed by atoms with Crippen LogP contribution in [0.25, 0.3) is 0 Å². The van der Waals surface area contributed by atoms with Gasteiger partial charge in [0.2, 0.25) is 0 Å². The predicted molar refractivity (Wildman–Crippen MR) is 62.3 cm³/mol. The zero-order valence-electron chi connectivity index (χ0n) is 10.5. The summed E-state index contributed by atoms with van der Waals surface area (Å²) in [6, 6.07) is 0. The highest BCUT2D eigenvalue weighted by molar-refractivity contribution is 5.96. The molecule has 5 nitrogen and oxygen atoms in total. The topological polar surface area (TPSA) is 70.1 Å². The lowest BCUT2D eigenvalue weighted by atomic mass is 9.89. The van der Waals surface area contributed by atoms with Crippen LogP contribution >= 0.6 is 0 Å². The quantitative estimate of drug-likeness (QED) is 0.774. The fraction of sp³-hybridized carbons (Fsp3) is 0.636. The Labute approximate surface area is 95.6 Å². The number of nitrogen functional groups attached to an aromatic ring is 1. The van der Waals surface area contributed by atoms with Crippen LogP contribution in [-0.4, -0.2) is 22.4 Å². The van der Waals surface area contributed by atoms with Gasteiger partial charge in [0.1, 0.15) is 11.4 Å². The second-order valence-corrected chi connectivity index (χ2v) is 4.70. The molecular formula is C11H19N3O2. The maximum Gasteiger partial charge on any atom is 0.343 e. The Morgan fingerprint density at radius 2 is 2.06 bits per heavy atom. The molecule has 0 saturated carbocycles. The van der Waals surface area contributed by atoms with Crippen LogP contribution in [0.4, 0.5) is 5.82 Å². The Kier molecular flexibility index (Phi) is 3.26. The molecule has 0 aliphatic carbocycles. The molecule has 90 valence electrons. The molecule has 0 unspecified atom stereocenters. The molecule has 5 heteroatoms. The SMILES string of the molecule is CCOC(=O)c1c(C(C)(C)C)nn(C)c1N. The first-order valence-corrected chi connectivity index (χ1v) is 5.29. The third-order valence-corrected chi connectivity index (χ3v) is 2.28. The minimum absolute atomic E-state index is 0.239. The van der Waals surface area contributed by atoms with E-state index >= 15 is 0 Å². The van der Waals surface area contributed by atoms with Gasteiger partial charge in [-0.25, -0.2) is 4.79 Å². The highest BCUT2D eigenvalue weighted by atomic mass is 16.5. The first-order chi connectivity index (χ1) is 7.29. The summed E-state index contributed by atoms with van der Waals surface area (Å²) in [7, 11) is 1.72. The van der Waals surface area contributed by atoms with Crippen molar-refractivity contribution in [2.24, 2.45) is 7.05 Å². The molecule has 1 rings (SSSR count). The standard InChI is InChI=1S/C11H19N3O2/c1-6-16-10(15)7-8(11(2,3)4)13-14(5)9(7)12/h6,12H2,1-5H3. The Balaban J connectivity index is 3.30. The Hall–Kier alpha value is -1.52. The predicted octanol–water partition coefficient (Wildman–Crippen LogP) is 1.48. The van der Waals surface area contributed by atoms with Gasteiger partial charge in [-0.1, -0.05) is 20.8 Å². The number of hydrogen-bond donors (Lipinski definition) is 1. The van der Waals surface area contributed by atoms with Crippen molar-refractivity contribution in [2.45, 2.75) is 33.1 Å². The molecule has 0 amide bonds. The van der Waals surface area contributed by atoms with Crippen LogP contribution in [0.2, 0.25) is 0 Å². The van der Waals surface area contributed by atoms with Gasteiger partial charge in [-0.15, -0.1) is 0 Å². The second kappa shape index (κ2) is 4.15. The number of ether oxygens (including phenoxy) is 1. The Morgan fingerprint density at radius 3 is 2.50 bits per heavy atom. The van der Waals surface area contributed by atoms with Crippen LogP contribution in [0.3, 0.4) is 0 Å². The Morgan fingerprint density at radius 1 is 1.50 bits per heavy atom. The number of anilines is 1. The number of aryl methyl sites for hydroxylation is 1. The maximum atomic E-state index is 11.8. The summed E-state index contributed by atoms with van der Waals surface area (Å²) >= 11 is 0. The van der Waals surface area contributed by atoms with Crippen molar-refractivity contribution in [1.82, 2.24) is 9.78 Å². The van der Waals surface area contributed by atoms with Gasteiger partial charge in [-0.2, -0.15) is 5.10 Å². The molecule has 2 N–H and O–H groups in total. The highest BCUT2D eigenvalue weighted by Gasteiger charge is 2.29. The third kappa shape index (κ3) is 2.18. The number of rotatable bonds is 2. The van der Waals surface area contributed by atoms with Gasteiger partial charge < -0.3 is 10.5 Å². The van der Waals surface area contributed by atoms with Crippen molar-refractivity contribution in [1.29, 1.82) is 0 Å². The van der Waals surface area contributed by atoms with Crippen LogP contribution < -0.4 is 5.73 Å². The average Bonchev–Trinajstić information content (AvgIpc) is 2.43. The molecule has 0 saturated heterocycles. The van der Waals surface area contributed by atoms with E-state index in [-0.39, 0.29) is 5.41 Å². The summed E-state index contributed by atoms with van der Waals surface area (Å²) < 4.78 is 6.49. The molecule has 0 aliphatic rings. The molecular weight excluding hydrogens is 206 g/mol. The average molecular weight is 225 g/mol. The number of nitrogens with two attached hydrogens (primary N) is 1. The smallest absolute Gasteiger partial charge is 0.343 e. The van der Waals surface area contributed by atoms with Gasteiger partial charge in [0.15, 0.2) is 0 Å². The maximum absolute atomic E-state index is 11.8. The lowest BCUT2D eigenvalue weighted by Gasteiger charge is -2.16. The molecule has 0 spiro atoms. The van der Waals surface area contributed by atoms with Gasteiger partial charge in [0.05, 0.1) is 12.3 Å². The normalized spacial score (nSPS) is 11.6. The van der Waals surface area contributed by atoms with Gasteiger partial charge in [-0.3, -0.25) is 4.68 Å². The van der Waals surface area contributed by atoms with E-state index in [1.165, 1.54) is 4.68 Å². The molecule has 0 radical (unpaired) electrons. The number of esters is 1. The molecule has 0 aliphatic heterocycles. The van der Waals surface area contributed by atoms with Crippen LogP contribution in [0, 0.1) is 0 Å². The van der Waals surface area contributed by atoms with Crippen molar-refractivity contribution >= 4 is 11.8 Å². The van der Waals surface area contributed by atoms with E-state index in [2.05, 4.69) is 5.10 Å². The first kappa shape index (κ1) is 12.5. The number of carbonyl (C=O) groups is 1. The van der Waals surface area contributed by atoms with E-state index in [1.807, 2.05) is 20.8 Å². The van der Waals surface area contributed by atoms with E-state index in [9.17, 15) is 4.79 Å². The molecule has 0 fully saturated rings. The monoisotopic (exact) mass is 225 g/mol. The summed E-state index contributed by atoms with van der Waals surface area (Å²) in [5, 5.41) is 4.28.